The molecule has 6 nitrogen and oxygen atoms in total. The molecule has 0 saturated carbocycles. The lowest BCUT2D eigenvalue weighted by molar-refractivity contribution is -0.150. The monoisotopic (exact) mass is 324 g/mol. The number of rotatable bonds is 1. The van der Waals surface area contributed by atoms with E-state index in [1.165, 1.54) is 0 Å². The molecule has 3 heterocycles. The maximum absolute atomic E-state index is 12.5. The van der Waals surface area contributed by atoms with Gasteiger partial charge in [-0.15, -0.1) is 0 Å². The molecular formula is C17H28N2O4. The zero-order chi connectivity index (χ0) is 17.0. The predicted octanol–water partition coefficient (Wildman–Crippen LogP) is 2.23. The van der Waals surface area contributed by atoms with Crippen LogP contribution in [0, 0.1) is 11.8 Å². The van der Waals surface area contributed by atoms with Crippen molar-refractivity contribution in [3.05, 3.63) is 0 Å². The average molecular weight is 324 g/mol. The van der Waals surface area contributed by atoms with Crippen molar-refractivity contribution in [2.24, 2.45) is 11.8 Å². The Labute approximate surface area is 138 Å². The molecule has 3 fully saturated rings. The fourth-order valence-corrected chi connectivity index (χ4v) is 4.07. The van der Waals surface area contributed by atoms with Gasteiger partial charge in [-0.2, -0.15) is 0 Å². The smallest absolute Gasteiger partial charge is 0.410 e. The summed E-state index contributed by atoms with van der Waals surface area (Å²) in [6.45, 7) is 11.6. The third kappa shape index (κ3) is 2.71. The molecule has 3 aliphatic heterocycles. The molecule has 130 valence electrons. The van der Waals surface area contributed by atoms with Gasteiger partial charge in [-0.05, 0) is 26.7 Å². The van der Waals surface area contributed by atoms with E-state index in [2.05, 4.69) is 13.8 Å². The largest absolute Gasteiger partial charge is 0.444 e. The van der Waals surface area contributed by atoms with Crippen molar-refractivity contribution >= 4 is 12.0 Å². The molecule has 0 radical (unpaired) electrons. The second-order valence-corrected chi connectivity index (χ2v) is 8.31. The van der Waals surface area contributed by atoms with Crippen molar-refractivity contribution in [3.63, 3.8) is 0 Å². The number of ether oxygens (including phenoxy) is 2. The van der Waals surface area contributed by atoms with Crippen molar-refractivity contribution in [1.82, 2.24) is 9.80 Å². The summed E-state index contributed by atoms with van der Waals surface area (Å²) in [7, 11) is 0. The molecule has 1 spiro atoms. The Morgan fingerprint density at radius 1 is 1.39 bits per heavy atom. The van der Waals surface area contributed by atoms with E-state index in [1.54, 1.807) is 4.90 Å². The van der Waals surface area contributed by atoms with Crippen LogP contribution in [0.1, 0.15) is 47.5 Å². The molecule has 0 N–H and O–H groups in total. The molecule has 0 aliphatic carbocycles. The van der Waals surface area contributed by atoms with Gasteiger partial charge in [0.05, 0.1) is 12.6 Å². The van der Waals surface area contributed by atoms with E-state index in [0.29, 0.717) is 38.5 Å². The Bertz CT molecular complexity index is 513. The maximum atomic E-state index is 12.5. The number of hydrogen-bond donors (Lipinski definition) is 0. The quantitative estimate of drug-likeness (QED) is 0.742. The first-order valence-corrected chi connectivity index (χ1v) is 8.58. The van der Waals surface area contributed by atoms with Crippen LogP contribution in [0.5, 0.6) is 0 Å². The van der Waals surface area contributed by atoms with E-state index in [9.17, 15) is 9.59 Å². The standard InChI is InChI=1S/C17H28N2O4/c1-11(2)13-10-22-17-6-7-18(15(21)23-16(3,4)5)9-12(17)8-14(20)19(13)17/h11-13H,6-10H2,1-5H3/t12-,13-,17-/m1/s1. The lowest BCUT2D eigenvalue weighted by atomic mass is 9.88. The number of amides is 2. The molecule has 3 rings (SSSR count). The first kappa shape index (κ1) is 16.6. The molecule has 23 heavy (non-hydrogen) atoms. The Kier molecular flexibility index (Phi) is 3.86. The summed E-state index contributed by atoms with van der Waals surface area (Å²) in [5.41, 5.74) is -0.999. The second-order valence-electron chi connectivity index (χ2n) is 8.31. The first-order valence-electron chi connectivity index (χ1n) is 8.58. The number of piperidine rings is 1. The lowest BCUT2D eigenvalue weighted by Gasteiger charge is -2.44. The number of nitrogens with zero attached hydrogens (tertiary/aromatic N) is 2. The molecule has 0 unspecified atom stereocenters. The van der Waals surface area contributed by atoms with Gasteiger partial charge < -0.3 is 19.3 Å². The third-order valence-corrected chi connectivity index (χ3v) is 5.17. The SMILES string of the molecule is CC(C)[C@H]1CO[C@]23CCN(C(=O)OC(C)(C)C)C[C@H]2CC(=O)N13. The molecule has 0 aromatic carbocycles. The Hall–Kier alpha value is -1.30. The fraction of sp³-hybridized carbons (Fsp3) is 0.882. The third-order valence-electron chi connectivity index (χ3n) is 5.17. The normalized spacial score (nSPS) is 33.9. The molecule has 0 aromatic heterocycles. The van der Waals surface area contributed by atoms with Gasteiger partial charge >= 0.3 is 6.09 Å². The zero-order valence-electron chi connectivity index (χ0n) is 14.8. The molecule has 0 bridgehead atoms. The van der Waals surface area contributed by atoms with Crippen LogP contribution in [0.2, 0.25) is 0 Å². The second kappa shape index (κ2) is 5.36. The van der Waals surface area contributed by atoms with Gasteiger partial charge in [-0.1, -0.05) is 13.8 Å². The number of carbonyl (C=O) groups excluding carboxylic acids is 2. The first-order chi connectivity index (χ1) is 10.6. The van der Waals surface area contributed by atoms with Crippen LogP contribution in [0.4, 0.5) is 4.79 Å². The van der Waals surface area contributed by atoms with Gasteiger partial charge in [0, 0.05) is 31.8 Å². The summed E-state index contributed by atoms with van der Waals surface area (Å²) in [5.74, 6) is 0.582. The van der Waals surface area contributed by atoms with E-state index < -0.39 is 11.3 Å². The Balaban J connectivity index is 1.75. The topological polar surface area (TPSA) is 59.1 Å². The van der Waals surface area contributed by atoms with Crippen LogP contribution in [-0.2, 0) is 14.3 Å². The highest BCUT2D eigenvalue weighted by atomic mass is 16.6. The van der Waals surface area contributed by atoms with Crippen LogP contribution in [0.15, 0.2) is 0 Å². The van der Waals surface area contributed by atoms with E-state index in [0.717, 1.165) is 0 Å². The van der Waals surface area contributed by atoms with E-state index in [1.807, 2.05) is 25.7 Å². The molecule has 6 heteroatoms. The van der Waals surface area contributed by atoms with Crippen molar-refractivity contribution in [1.29, 1.82) is 0 Å². The summed E-state index contributed by atoms with van der Waals surface area (Å²) < 4.78 is 11.6. The van der Waals surface area contributed by atoms with Crippen LogP contribution < -0.4 is 0 Å². The van der Waals surface area contributed by atoms with Crippen LogP contribution in [-0.4, -0.2) is 58.9 Å². The number of carbonyl (C=O) groups is 2. The lowest BCUT2D eigenvalue weighted by Crippen LogP contribution is -2.57. The highest BCUT2D eigenvalue weighted by molar-refractivity contribution is 5.81. The summed E-state index contributed by atoms with van der Waals surface area (Å²) in [4.78, 5) is 28.6. The van der Waals surface area contributed by atoms with Gasteiger partial charge in [-0.25, -0.2) is 4.79 Å². The molecule has 2 amide bonds. The van der Waals surface area contributed by atoms with E-state index in [4.69, 9.17) is 9.47 Å². The fourth-order valence-electron chi connectivity index (χ4n) is 4.07. The van der Waals surface area contributed by atoms with E-state index >= 15 is 0 Å². The Morgan fingerprint density at radius 3 is 2.70 bits per heavy atom. The summed E-state index contributed by atoms with van der Waals surface area (Å²) in [5, 5.41) is 0. The van der Waals surface area contributed by atoms with Gasteiger partial charge in [0.1, 0.15) is 11.3 Å². The predicted molar refractivity (Wildman–Crippen MR) is 84.7 cm³/mol. The molecule has 3 saturated heterocycles. The molecule has 3 atom stereocenters. The summed E-state index contributed by atoms with van der Waals surface area (Å²) >= 11 is 0. The van der Waals surface area contributed by atoms with Gasteiger partial charge in [0.25, 0.3) is 0 Å². The zero-order valence-corrected chi connectivity index (χ0v) is 14.8. The van der Waals surface area contributed by atoms with Gasteiger partial charge in [0.2, 0.25) is 5.91 Å². The van der Waals surface area contributed by atoms with Crippen LogP contribution >= 0.6 is 0 Å². The summed E-state index contributed by atoms with van der Waals surface area (Å²) in [6.07, 6.45) is 0.839. The van der Waals surface area contributed by atoms with Crippen molar-refractivity contribution in [3.8, 4) is 0 Å². The highest BCUT2D eigenvalue weighted by Gasteiger charge is 2.62. The molecule has 3 aliphatic rings. The maximum Gasteiger partial charge on any atom is 0.410 e. The molecular weight excluding hydrogens is 296 g/mol. The highest BCUT2D eigenvalue weighted by Crippen LogP contribution is 2.49. The van der Waals surface area contributed by atoms with Crippen LogP contribution in [0.25, 0.3) is 0 Å². The minimum Gasteiger partial charge on any atom is -0.444 e. The minimum atomic E-state index is -0.504. The van der Waals surface area contributed by atoms with Crippen molar-refractivity contribution in [2.75, 3.05) is 19.7 Å². The molecule has 0 aromatic rings. The van der Waals surface area contributed by atoms with Gasteiger partial charge in [0.15, 0.2) is 0 Å². The number of likely N-dealkylation sites (tertiary alicyclic amines) is 1. The Morgan fingerprint density at radius 2 is 2.09 bits per heavy atom. The summed E-state index contributed by atoms with van der Waals surface area (Å²) in [6, 6.07) is 0.153. The average Bonchev–Trinajstić information content (AvgIpc) is 2.91. The van der Waals surface area contributed by atoms with Gasteiger partial charge in [-0.3, -0.25) is 4.79 Å². The van der Waals surface area contributed by atoms with Crippen molar-refractivity contribution < 1.29 is 19.1 Å². The minimum absolute atomic E-state index is 0.0417. The van der Waals surface area contributed by atoms with E-state index in [-0.39, 0.29) is 24.0 Å². The number of hydrogen-bond acceptors (Lipinski definition) is 4. The van der Waals surface area contributed by atoms with Crippen molar-refractivity contribution in [2.45, 2.75) is 64.8 Å². The van der Waals surface area contributed by atoms with Crippen LogP contribution in [0.3, 0.4) is 0 Å².